The van der Waals surface area contributed by atoms with E-state index in [1.54, 1.807) is 12.3 Å². The van der Waals surface area contributed by atoms with Gasteiger partial charge in [0, 0.05) is 12.6 Å². The summed E-state index contributed by atoms with van der Waals surface area (Å²) in [7, 11) is 0. The minimum atomic E-state index is -0.568. The van der Waals surface area contributed by atoms with E-state index in [0.29, 0.717) is 13.0 Å². The highest BCUT2D eigenvalue weighted by atomic mass is 16.3. The van der Waals surface area contributed by atoms with Crippen LogP contribution in [-0.2, 0) is 6.54 Å². The lowest BCUT2D eigenvalue weighted by atomic mass is 10.1. The van der Waals surface area contributed by atoms with E-state index in [1.807, 2.05) is 37.3 Å². The van der Waals surface area contributed by atoms with Gasteiger partial charge in [-0.15, -0.1) is 0 Å². The van der Waals surface area contributed by atoms with Gasteiger partial charge in [-0.25, -0.2) is 4.68 Å². The summed E-state index contributed by atoms with van der Waals surface area (Å²) in [5, 5.41) is 14.0. The Morgan fingerprint density at radius 1 is 1.33 bits per heavy atom. The van der Waals surface area contributed by atoms with E-state index >= 15 is 0 Å². The van der Waals surface area contributed by atoms with Crippen molar-refractivity contribution in [2.45, 2.75) is 26.0 Å². The van der Waals surface area contributed by atoms with Crippen molar-refractivity contribution in [3.8, 4) is 0 Å². The summed E-state index contributed by atoms with van der Waals surface area (Å²) in [6, 6.07) is 11.0. The van der Waals surface area contributed by atoms with E-state index in [4.69, 9.17) is 0 Å². The summed E-state index contributed by atoms with van der Waals surface area (Å²) in [5.74, 6) is 0. The normalized spacial score (nSPS) is 12.3. The summed E-state index contributed by atoms with van der Waals surface area (Å²) in [4.78, 5) is 11.6. The molecule has 18 heavy (non-hydrogen) atoms. The Kier molecular flexibility index (Phi) is 3.89. The number of nitrogens with zero attached hydrogens (tertiary/aromatic N) is 2. The van der Waals surface area contributed by atoms with Gasteiger partial charge in [0.2, 0.25) is 0 Å². The van der Waals surface area contributed by atoms with Gasteiger partial charge in [-0.2, -0.15) is 5.10 Å². The first-order valence-corrected chi connectivity index (χ1v) is 5.93. The fourth-order valence-electron chi connectivity index (χ4n) is 1.78. The second-order valence-electron chi connectivity index (χ2n) is 4.31. The van der Waals surface area contributed by atoms with Crippen molar-refractivity contribution in [2.75, 3.05) is 0 Å². The van der Waals surface area contributed by atoms with Crippen LogP contribution in [0.15, 0.2) is 47.4 Å². The van der Waals surface area contributed by atoms with Gasteiger partial charge in [0.1, 0.15) is 0 Å². The van der Waals surface area contributed by atoms with Gasteiger partial charge in [0.15, 0.2) is 0 Å². The molecule has 0 unspecified atom stereocenters. The topological polar surface area (TPSA) is 55.1 Å². The molecule has 1 N–H and O–H groups in total. The zero-order chi connectivity index (χ0) is 13.0. The monoisotopic (exact) mass is 244 g/mol. The van der Waals surface area contributed by atoms with E-state index in [0.717, 1.165) is 11.1 Å². The van der Waals surface area contributed by atoms with E-state index in [9.17, 15) is 9.90 Å². The van der Waals surface area contributed by atoms with E-state index in [2.05, 4.69) is 5.10 Å². The van der Waals surface area contributed by atoms with Crippen LogP contribution in [0.4, 0.5) is 0 Å². The second-order valence-corrected chi connectivity index (χ2v) is 4.31. The van der Waals surface area contributed by atoms with Crippen molar-refractivity contribution in [1.29, 1.82) is 0 Å². The fraction of sp³-hybridized carbons (Fsp3) is 0.286. The molecule has 4 nitrogen and oxygen atoms in total. The molecule has 1 heterocycles. The van der Waals surface area contributed by atoms with Crippen LogP contribution in [0, 0.1) is 6.92 Å². The number of aliphatic hydroxyl groups excluding tert-OH is 1. The zero-order valence-electron chi connectivity index (χ0n) is 10.3. The lowest BCUT2D eigenvalue weighted by Crippen LogP contribution is -2.23. The molecule has 0 radical (unpaired) electrons. The zero-order valence-corrected chi connectivity index (χ0v) is 10.3. The predicted molar refractivity (Wildman–Crippen MR) is 69.3 cm³/mol. The Morgan fingerprint density at radius 3 is 2.72 bits per heavy atom. The van der Waals surface area contributed by atoms with Crippen LogP contribution in [0.3, 0.4) is 0 Å². The predicted octanol–water partition coefficient (Wildman–Crippen LogP) is 1.68. The highest BCUT2D eigenvalue weighted by molar-refractivity contribution is 5.17. The summed E-state index contributed by atoms with van der Waals surface area (Å²) in [5.41, 5.74) is 1.58. The van der Waals surface area contributed by atoms with Gasteiger partial charge >= 0.3 is 0 Å². The molecule has 0 amide bonds. The van der Waals surface area contributed by atoms with Gasteiger partial charge in [0.05, 0.1) is 12.3 Å². The van der Waals surface area contributed by atoms with Crippen molar-refractivity contribution >= 4 is 0 Å². The van der Waals surface area contributed by atoms with Crippen LogP contribution in [0.5, 0.6) is 0 Å². The summed E-state index contributed by atoms with van der Waals surface area (Å²) >= 11 is 0. The molecule has 0 fully saturated rings. The lowest BCUT2D eigenvalue weighted by Gasteiger charge is -2.11. The number of hydrogen-bond donors (Lipinski definition) is 1. The Bertz CT molecular complexity index is 564. The standard InChI is InChI=1S/C14H16N2O2/c1-11-9-14(18)16(15-10-11)8-7-13(17)12-5-3-2-4-6-12/h2-6,9-10,13,17H,7-8H2,1H3/t13-/m1/s1. The third-order valence-corrected chi connectivity index (χ3v) is 2.80. The number of aromatic nitrogens is 2. The molecule has 2 rings (SSSR count). The maximum atomic E-state index is 11.6. The van der Waals surface area contributed by atoms with Crippen LogP contribution in [0.2, 0.25) is 0 Å². The summed E-state index contributed by atoms with van der Waals surface area (Å²) < 4.78 is 1.37. The van der Waals surface area contributed by atoms with E-state index in [-0.39, 0.29) is 5.56 Å². The number of aryl methyl sites for hydroxylation is 2. The molecular weight excluding hydrogens is 228 g/mol. The molecule has 0 spiro atoms. The Morgan fingerprint density at radius 2 is 2.06 bits per heavy atom. The van der Waals surface area contributed by atoms with Crippen molar-refractivity contribution < 1.29 is 5.11 Å². The first-order valence-electron chi connectivity index (χ1n) is 5.93. The highest BCUT2D eigenvalue weighted by Gasteiger charge is 2.07. The largest absolute Gasteiger partial charge is 0.388 e. The van der Waals surface area contributed by atoms with Gasteiger partial charge in [-0.1, -0.05) is 30.3 Å². The molecule has 4 heteroatoms. The molecule has 1 aromatic carbocycles. The molecule has 0 bridgehead atoms. The summed E-state index contributed by atoms with van der Waals surface area (Å²) in [6.45, 7) is 2.24. The average molecular weight is 244 g/mol. The number of aliphatic hydroxyl groups is 1. The van der Waals surface area contributed by atoms with Gasteiger partial charge in [-0.3, -0.25) is 4.79 Å². The van der Waals surface area contributed by atoms with Gasteiger partial charge < -0.3 is 5.11 Å². The average Bonchev–Trinajstić information content (AvgIpc) is 2.38. The Hall–Kier alpha value is -1.94. The SMILES string of the molecule is Cc1cnn(CC[C@@H](O)c2ccccc2)c(=O)c1. The molecule has 0 saturated heterocycles. The third kappa shape index (κ3) is 3.05. The van der Waals surface area contributed by atoms with Crippen LogP contribution in [0.1, 0.15) is 23.7 Å². The molecule has 0 aliphatic rings. The molecule has 0 aliphatic carbocycles. The minimum absolute atomic E-state index is 0.129. The molecule has 94 valence electrons. The number of rotatable bonds is 4. The van der Waals surface area contributed by atoms with Crippen LogP contribution < -0.4 is 5.56 Å². The van der Waals surface area contributed by atoms with Crippen LogP contribution >= 0.6 is 0 Å². The first-order chi connectivity index (χ1) is 8.66. The smallest absolute Gasteiger partial charge is 0.266 e. The first kappa shape index (κ1) is 12.5. The van der Waals surface area contributed by atoms with Crippen molar-refractivity contribution in [2.24, 2.45) is 0 Å². The number of benzene rings is 1. The maximum Gasteiger partial charge on any atom is 0.266 e. The van der Waals surface area contributed by atoms with E-state index < -0.39 is 6.10 Å². The van der Waals surface area contributed by atoms with Crippen molar-refractivity contribution in [3.05, 3.63) is 64.1 Å². The molecule has 1 atom stereocenters. The minimum Gasteiger partial charge on any atom is -0.388 e. The molecule has 2 aromatic rings. The molecule has 0 saturated carbocycles. The fourth-order valence-corrected chi connectivity index (χ4v) is 1.78. The quantitative estimate of drug-likeness (QED) is 0.890. The summed E-state index contributed by atoms with van der Waals surface area (Å²) in [6.07, 6.45) is 1.55. The number of hydrogen-bond acceptors (Lipinski definition) is 3. The Labute approximate surface area is 106 Å². The maximum absolute atomic E-state index is 11.6. The second kappa shape index (κ2) is 5.60. The van der Waals surface area contributed by atoms with Crippen LogP contribution in [0.25, 0.3) is 0 Å². The van der Waals surface area contributed by atoms with Gasteiger partial charge in [0.25, 0.3) is 5.56 Å². The van der Waals surface area contributed by atoms with E-state index in [1.165, 1.54) is 4.68 Å². The Balaban J connectivity index is 2.02. The molecular formula is C14H16N2O2. The molecule has 1 aromatic heterocycles. The lowest BCUT2D eigenvalue weighted by molar-refractivity contribution is 0.158. The van der Waals surface area contributed by atoms with Gasteiger partial charge in [-0.05, 0) is 24.5 Å². The highest BCUT2D eigenvalue weighted by Crippen LogP contribution is 2.15. The van der Waals surface area contributed by atoms with Crippen LogP contribution in [-0.4, -0.2) is 14.9 Å². The third-order valence-electron chi connectivity index (χ3n) is 2.80. The van der Waals surface area contributed by atoms with Crippen molar-refractivity contribution in [1.82, 2.24) is 9.78 Å². The van der Waals surface area contributed by atoms with Crippen molar-refractivity contribution in [3.63, 3.8) is 0 Å². The molecule has 0 aliphatic heterocycles.